The van der Waals surface area contributed by atoms with Gasteiger partial charge in [0.05, 0.1) is 6.10 Å². The van der Waals surface area contributed by atoms with Crippen molar-refractivity contribution in [3.8, 4) is 0 Å². The molecule has 30 heavy (non-hydrogen) atoms. The second kappa shape index (κ2) is 7.79. The molecule has 0 radical (unpaired) electrons. The fourth-order valence-corrected chi connectivity index (χ4v) is 9.10. The summed E-state index contributed by atoms with van der Waals surface area (Å²) in [5, 5.41) is 10.8. The molecule has 0 bridgehead atoms. The Morgan fingerprint density at radius 2 is 1.77 bits per heavy atom. The van der Waals surface area contributed by atoms with Crippen LogP contribution < -0.4 is 0 Å². The van der Waals surface area contributed by atoms with Crippen LogP contribution in [-0.2, 0) is 0 Å². The van der Waals surface area contributed by atoms with Crippen LogP contribution in [0.2, 0.25) is 0 Å². The lowest BCUT2D eigenvalue weighted by atomic mass is 9.46. The van der Waals surface area contributed by atoms with E-state index >= 15 is 0 Å². The van der Waals surface area contributed by atoms with E-state index in [1.54, 1.807) is 0 Å². The number of aliphatic hydroxyl groups excluding tert-OH is 1. The summed E-state index contributed by atoms with van der Waals surface area (Å²) in [6, 6.07) is 0. The maximum Gasteiger partial charge on any atom is 0.0594 e. The van der Waals surface area contributed by atoms with Gasteiger partial charge in [0, 0.05) is 0 Å². The van der Waals surface area contributed by atoms with E-state index in [9.17, 15) is 5.11 Å². The van der Waals surface area contributed by atoms with Crippen LogP contribution in [0.1, 0.15) is 113 Å². The predicted molar refractivity (Wildman–Crippen MR) is 128 cm³/mol. The number of allylic oxidation sites excluding steroid dienone is 4. The van der Waals surface area contributed by atoms with Gasteiger partial charge in [-0.15, -0.1) is 0 Å². The first-order chi connectivity index (χ1) is 14.0. The summed E-state index contributed by atoms with van der Waals surface area (Å²) in [4.78, 5) is 0. The molecule has 0 aromatic carbocycles. The van der Waals surface area contributed by atoms with Crippen LogP contribution in [0.25, 0.3) is 0 Å². The van der Waals surface area contributed by atoms with E-state index in [4.69, 9.17) is 0 Å². The van der Waals surface area contributed by atoms with Crippen LogP contribution >= 0.6 is 0 Å². The molecule has 7 atom stereocenters. The van der Waals surface area contributed by atoms with Gasteiger partial charge in [0.1, 0.15) is 0 Å². The molecule has 0 aromatic rings. The molecule has 1 unspecified atom stereocenters. The molecule has 2 saturated carbocycles. The Labute approximate surface area is 186 Å². The maximum atomic E-state index is 10.8. The van der Waals surface area contributed by atoms with E-state index in [1.165, 1.54) is 63.4 Å². The minimum absolute atomic E-state index is 0.0595. The van der Waals surface area contributed by atoms with Crippen molar-refractivity contribution in [2.45, 2.75) is 119 Å². The van der Waals surface area contributed by atoms with E-state index in [1.807, 2.05) is 11.1 Å². The average molecular weight is 413 g/mol. The molecule has 170 valence electrons. The SMILES string of the molecule is CC(C)=CCC[C@H](C)[C@H]1CC[C@H]2C3=C(CC[C@]12C)[C@@]1(C)CC[C@H](O)C(C)(C)C1CC3. The minimum Gasteiger partial charge on any atom is -0.393 e. The number of aliphatic hydroxyl groups is 1. The van der Waals surface area contributed by atoms with Crippen molar-refractivity contribution < 1.29 is 5.11 Å². The van der Waals surface area contributed by atoms with Crippen molar-refractivity contribution in [3.63, 3.8) is 0 Å². The van der Waals surface area contributed by atoms with Crippen LogP contribution in [0.15, 0.2) is 22.8 Å². The topological polar surface area (TPSA) is 20.2 Å². The van der Waals surface area contributed by atoms with Crippen LogP contribution in [-0.4, -0.2) is 11.2 Å². The first kappa shape index (κ1) is 22.6. The molecule has 0 amide bonds. The fourth-order valence-electron chi connectivity index (χ4n) is 9.10. The predicted octanol–water partition coefficient (Wildman–Crippen LogP) is 8.09. The molecule has 1 nitrogen and oxygen atoms in total. The summed E-state index contributed by atoms with van der Waals surface area (Å²) in [6.45, 7) is 16.9. The summed E-state index contributed by atoms with van der Waals surface area (Å²) >= 11 is 0. The lowest BCUT2D eigenvalue weighted by Gasteiger charge is -2.60. The van der Waals surface area contributed by atoms with Gasteiger partial charge in [-0.2, -0.15) is 0 Å². The van der Waals surface area contributed by atoms with E-state index in [0.717, 1.165) is 24.2 Å². The quantitative estimate of drug-likeness (QED) is 0.462. The normalized spacial score (nSPS) is 43.5. The van der Waals surface area contributed by atoms with Crippen LogP contribution in [0.3, 0.4) is 0 Å². The molecular formula is C29H48O. The van der Waals surface area contributed by atoms with Gasteiger partial charge < -0.3 is 5.11 Å². The summed E-state index contributed by atoms with van der Waals surface area (Å²) in [7, 11) is 0. The number of hydrogen-bond acceptors (Lipinski definition) is 1. The van der Waals surface area contributed by atoms with E-state index in [2.05, 4.69) is 54.5 Å². The van der Waals surface area contributed by atoms with E-state index < -0.39 is 0 Å². The third kappa shape index (κ3) is 3.37. The minimum atomic E-state index is -0.121. The van der Waals surface area contributed by atoms with Crippen molar-refractivity contribution >= 4 is 0 Å². The first-order valence-corrected chi connectivity index (χ1v) is 13.1. The largest absolute Gasteiger partial charge is 0.393 e. The molecule has 4 aliphatic carbocycles. The highest BCUT2D eigenvalue weighted by Crippen LogP contribution is 2.68. The van der Waals surface area contributed by atoms with Crippen molar-refractivity contribution in [1.29, 1.82) is 0 Å². The zero-order valence-electron chi connectivity index (χ0n) is 21.0. The molecule has 1 heteroatoms. The lowest BCUT2D eigenvalue weighted by molar-refractivity contribution is -0.0931. The van der Waals surface area contributed by atoms with Gasteiger partial charge in [-0.05, 0) is 118 Å². The van der Waals surface area contributed by atoms with E-state index in [0.29, 0.717) is 16.7 Å². The van der Waals surface area contributed by atoms with Crippen molar-refractivity contribution in [3.05, 3.63) is 22.8 Å². The van der Waals surface area contributed by atoms with Crippen molar-refractivity contribution in [2.24, 2.45) is 39.9 Å². The highest BCUT2D eigenvalue weighted by molar-refractivity contribution is 5.35. The second-order valence-electron chi connectivity index (χ2n) is 13.0. The molecule has 0 saturated heterocycles. The van der Waals surface area contributed by atoms with E-state index in [-0.39, 0.29) is 11.5 Å². The molecule has 2 fully saturated rings. The van der Waals surface area contributed by atoms with Gasteiger partial charge in [-0.3, -0.25) is 0 Å². The zero-order valence-corrected chi connectivity index (χ0v) is 21.0. The van der Waals surface area contributed by atoms with Crippen LogP contribution in [0.4, 0.5) is 0 Å². The highest BCUT2D eigenvalue weighted by atomic mass is 16.3. The lowest BCUT2D eigenvalue weighted by Crippen LogP contribution is -2.53. The number of fused-ring (bicyclic) bond motifs is 4. The Kier molecular flexibility index (Phi) is 5.87. The molecule has 0 spiro atoms. The average Bonchev–Trinajstić information content (AvgIpc) is 3.02. The Bertz CT molecular complexity index is 723. The molecular weight excluding hydrogens is 364 g/mol. The highest BCUT2D eigenvalue weighted by Gasteiger charge is 2.59. The summed E-state index contributed by atoms with van der Waals surface area (Å²) in [6.07, 6.45) is 15.3. The summed E-state index contributed by atoms with van der Waals surface area (Å²) in [5.41, 5.74) is 6.15. The molecule has 0 aromatic heterocycles. The summed E-state index contributed by atoms with van der Waals surface area (Å²) < 4.78 is 0. The second-order valence-corrected chi connectivity index (χ2v) is 13.0. The Morgan fingerprint density at radius 3 is 2.47 bits per heavy atom. The Hall–Kier alpha value is -0.560. The molecule has 0 aliphatic heterocycles. The molecule has 1 N–H and O–H groups in total. The number of hydrogen-bond donors (Lipinski definition) is 1. The Balaban J connectivity index is 1.59. The van der Waals surface area contributed by atoms with Gasteiger partial charge in [0.2, 0.25) is 0 Å². The van der Waals surface area contributed by atoms with Gasteiger partial charge >= 0.3 is 0 Å². The molecule has 4 rings (SSSR count). The standard InChI is InChI=1S/C29H48O/c1-19(2)9-8-10-20(3)22-12-13-23-21-11-14-25-27(4,5)26(30)16-18-29(25,7)24(21)15-17-28(22,23)6/h9,20,22-23,25-26,30H,8,10-18H2,1-7H3/t20-,22+,23-,25?,26-,28+,29+/m0/s1. The fraction of sp³-hybridized carbons (Fsp3) is 0.862. The third-order valence-corrected chi connectivity index (χ3v) is 10.8. The molecule has 0 heterocycles. The van der Waals surface area contributed by atoms with Gasteiger partial charge in [-0.1, -0.05) is 57.4 Å². The first-order valence-electron chi connectivity index (χ1n) is 13.1. The molecule has 4 aliphatic rings. The van der Waals surface area contributed by atoms with Gasteiger partial charge in [0.25, 0.3) is 0 Å². The van der Waals surface area contributed by atoms with Crippen molar-refractivity contribution in [2.75, 3.05) is 0 Å². The van der Waals surface area contributed by atoms with Gasteiger partial charge in [-0.25, -0.2) is 0 Å². The maximum absolute atomic E-state index is 10.8. The van der Waals surface area contributed by atoms with Gasteiger partial charge in [0.15, 0.2) is 0 Å². The monoisotopic (exact) mass is 412 g/mol. The van der Waals surface area contributed by atoms with Crippen LogP contribution in [0.5, 0.6) is 0 Å². The Morgan fingerprint density at radius 1 is 1.03 bits per heavy atom. The summed E-state index contributed by atoms with van der Waals surface area (Å²) in [5.74, 6) is 3.23. The zero-order chi connectivity index (χ0) is 21.9. The smallest absolute Gasteiger partial charge is 0.0594 e. The number of rotatable bonds is 4. The van der Waals surface area contributed by atoms with Crippen molar-refractivity contribution in [1.82, 2.24) is 0 Å². The van der Waals surface area contributed by atoms with Crippen LogP contribution in [0, 0.1) is 39.9 Å². The third-order valence-electron chi connectivity index (χ3n) is 10.8.